The van der Waals surface area contributed by atoms with Crippen molar-refractivity contribution < 1.29 is 8.42 Å². The Labute approximate surface area is 151 Å². The summed E-state index contributed by atoms with van der Waals surface area (Å²) in [4.78, 5) is 8.43. The molecule has 7 heteroatoms. The maximum Gasteiger partial charge on any atom is 0.240 e. The Kier molecular flexibility index (Phi) is 5.13. The van der Waals surface area contributed by atoms with Crippen molar-refractivity contribution in [3.8, 4) is 11.3 Å². The molecular formula is C18H16ClN3O2S. The molecule has 0 amide bonds. The normalized spacial score (nSPS) is 11.4. The Morgan fingerprint density at radius 1 is 1.04 bits per heavy atom. The van der Waals surface area contributed by atoms with E-state index < -0.39 is 10.0 Å². The maximum atomic E-state index is 12.4. The first-order valence-corrected chi connectivity index (χ1v) is 9.43. The molecule has 0 atom stereocenters. The van der Waals surface area contributed by atoms with E-state index in [1.807, 2.05) is 25.1 Å². The molecule has 2 aromatic heterocycles. The highest BCUT2D eigenvalue weighted by Crippen LogP contribution is 2.20. The zero-order chi connectivity index (χ0) is 17.9. The van der Waals surface area contributed by atoms with E-state index in [9.17, 15) is 8.42 Å². The number of rotatable bonds is 5. The molecule has 0 bridgehead atoms. The van der Waals surface area contributed by atoms with Crippen LogP contribution in [0.3, 0.4) is 0 Å². The van der Waals surface area contributed by atoms with Crippen molar-refractivity contribution in [1.82, 2.24) is 14.7 Å². The fourth-order valence-corrected chi connectivity index (χ4v) is 3.56. The summed E-state index contributed by atoms with van der Waals surface area (Å²) in [7, 11) is -3.64. The van der Waals surface area contributed by atoms with Gasteiger partial charge in [0.1, 0.15) is 0 Å². The summed E-state index contributed by atoms with van der Waals surface area (Å²) in [6, 6.07) is 12.0. The molecule has 1 N–H and O–H groups in total. The van der Waals surface area contributed by atoms with Gasteiger partial charge in [-0.1, -0.05) is 17.7 Å². The zero-order valence-corrected chi connectivity index (χ0v) is 15.1. The monoisotopic (exact) mass is 373 g/mol. The van der Waals surface area contributed by atoms with Gasteiger partial charge in [0.25, 0.3) is 0 Å². The standard InChI is InChI=1S/C18H16ClN3O2S/c1-13-2-3-16(11-17(13)19)25(23,24)22-12-14-4-9-21-18(10-14)15-5-7-20-8-6-15/h2-11,22H,12H2,1H3. The average molecular weight is 374 g/mol. The summed E-state index contributed by atoms with van der Waals surface area (Å²) in [6.07, 6.45) is 5.03. The predicted octanol–water partition coefficient (Wildman–Crippen LogP) is 3.58. The van der Waals surface area contributed by atoms with Crippen LogP contribution in [0.25, 0.3) is 11.3 Å². The van der Waals surface area contributed by atoms with Crippen LogP contribution in [-0.4, -0.2) is 18.4 Å². The number of benzene rings is 1. The number of hydrogen-bond acceptors (Lipinski definition) is 4. The molecule has 0 spiro atoms. The minimum Gasteiger partial charge on any atom is -0.265 e. The fraction of sp³-hybridized carbons (Fsp3) is 0.111. The van der Waals surface area contributed by atoms with Crippen molar-refractivity contribution in [3.63, 3.8) is 0 Å². The Morgan fingerprint density at radius 3 is 2.52 bits per heavy atom. The lowest BCUT2D eigenvalue weighted by molar-refractivity contribution is 0.581. The molecule has 0 aliphatic carbocycles. The lowest BCUT2D eigenvalue weighted by atomic mass is 10.1. The summed E-state index contributed by atoms with van der Waals surface area (Å²) < 4.78 is 27.5. The van der Waals surface area contributed by atoms with Gasteiger partial charge >= 0.3 is 0 Å². The van der Waals surface area contributed by atoms with Crippen LogP contribution in [-0.2, 0) is 16.6 Å². The highest BCUT2D eigenvalue weighted by Gasteiger charge is 2.15. The number of nitrogens with zero attached hydrogens (tertiary/aromatic N) is 2. The molecule has 0 aliphatic rings. The third kappa shape index (κ3) is 4.22. The van der Waals surface area contributed by atoms with Crippen LogP contribution < -0.4 is 4.72 Å². The molecule has 0 fully saturated rings. The van der Waals surface area contributed by atoms with Crippen LogP contribution in [0.1, 0.15) is 11.1 Å². The average Bonchev–Trinajstić information content (AvgIpc) is 2.63. The first-order chi connectivity index (χ1) is 12.0. The van der Waals surface area contributed by atoms with E-state index in [2.05, 4.69) is 14.7 Å². The van der Waals surface area contributed by atoms with Gasteiger partial charge in [0.2, 0.25) is 10.0 Å². The van der Waals surface area contributed by atoms with Gasteiger partial charge in [0.15, 0.2) is 0 Å². The Morgan fingerprint density at radius 2 is 1.80 bits per heavy atom. The smallest absolute Gasteiger partial charge is 0.240 e. The molecular weight excluding hydrogens is 358 g/mol. The Balaban J connectivity index is 1.78. The molecule has 128 valence electrons. The highest BCUT2D eigenvalue weighted by atomic mass is 35.5. The van der Waals surface area contributed by atoms with Crippen molar-refractivity contribution >= 4 is 21.6 Å². The predicted molar refractivity (Wildman–Crippen MR) is 97.7 cm³/mol. The van der Waals surface area contributed by atoms with Crippen LogP contribution in [0.15, 0.2) is 66.0 Å². The number of sulfonamides is 1. The quantitative estimate of drug-likeness (QED) is 0.741. The van der Waals surface area contributed by atoms with Gasteiger partial charge in [0.05, 0.1) is 10.6 Å². The second-order valence-corrected chi connectivity index (χ2v) is 7.69. The molecule has 3 aromatic rings. The van der Waals surface area contributed by atoms with Crippen molar-refractivity contribution in [2.24, 2.45) is 0 Å². The summed E-state index contributed by atoms with van der Waals surface area (Å²) >= 11 is 6.02. The van der Waals surface area contributed by atoms with Crippen molar-refractivity contribution in [1.29, 1.82) is 0 Å². The minimum atomic E-state index is -3.64. The van der Waals surface area contributed by atoms with Gasteiger partial charge in [0, 0.05) is 35.7 Å². The Hall–Kier alpha value is -2.28. The number of nitrogens with one attached hydrogen (secondary N) is 1. The van der Waals surface area contributed by atoms with E-state index in [0.29, 0.717) is 5.02 Å². The number of pyridine rings is 2. The maximum absolute atomic E-state index is 12.4. The molecule has 1 aromatic carbocycles. The second kappa shape index (κ2) is 7.31. The molecule has 0 aliphatic heterocycles. The second-order valence-electron chi connectivity index (χ2n) is 5.52. The number of halogens is 1. The summed E-state index contributed by atoms with van der Waals surface area (Å²) in [5.74, 6) is 0. The Bertz CT molecular complexity index is 992. The van der Waals surface area contributed by atoms with E-state index in [0.717, 1.165) is 22.4 Å². The number of aromatic nitrogens is 2. The highest BCUT2D eigenvalue weighted by molar-refractivity contribution is 7.89. The van der Waals surface area contributed by atoms with Crippen molar-refractivity contribution in [3.05, 3.63) is 77.2 Å². The third-order valence-electron chi connectivity index (χ3n) is 3.72. The van der Waals surface area contributed by atoms with Gasteiger partial charge in [-0.3, -0.25) is 9.97 Å². The molecule has 25 heavy (non-hydrogen) atoms. The van der Waals surface area contributed by atoms with E-state index in [4.69, 9.17) is 11.6 Å². The van der Waals surface area contributed by atoms with E-state index in [1.54, 1.807) is 36.8 Å². The van der Waals surface area contributed by atoms with E-state index in [-0.39, 0.29) is 11.4 Å². The first kappa shape index (κ1) is 17.5. The number of aryl methyl sites for hydroxylation is 1. The van der Waals surface area contributed by atoms with Crippen LogP contribution in [0, 0.1) is 6.92 Å². The molecule has 3 rings (SSSR count). The SMILES string of the molecule is Cc1ccc(S(=O)(=O)NCc2ccnc(-c3ccncc3)c2)cc1Cl. The van der Waals surface area contributed by atoms with E-state index >= 15 is 0 Å². The van der Waals surface area contributed by atoms with Gasteiger partial charge < -0.3 is 0 Å². The molecule has 5 nitrogen and oxygen atoms in total. The largest absolute Gasteiger partial charge is 0.265 e. The van der Waals surface area contributed by atoms with Crippen molar-refractivity contribution in [2.75, 3.05) is 0 Å². The number of hydrogen-bond donors (Lipinski definition) is 1. The zero-order valence-electron chi connectivity index (χ0n) is 13.5. The summed E-state index contributed by atoms with van der Waals surface area (Å²) in [5.41, 5.74) is 3.32. The van der Waals surface area contributed by atoms with Gasteiger partial charge in [-0.15, -0.1) is 0 Å². The van der Waals surface area contributed by atoms with Crippen LogP contribution >= 0.6 is 11.6 Å². The van der Waals surface area contributed by atoms with Crippen LogP contribution in [0.2, 0.25) is 5.02 Å². The topological polar surface area (TPSA) is 72.0 Å². The lowest BCUT2D eigenvalue weighted by Crippen LogP contribution is -2.23. The molecule has 2 heterocycles. The van der Waals surface area contributed by atoms with Crippen LogP contribution in [0.4, 0.5) is 0 Å². The third-order valence-corrected chi connectivity index (χ3v) is 5.53. The lowest BCUT2D eigenvalue weighted by Gasteiger charge is -2.09. The molecule has 0 unspecified atom stereocenters. The summed E-state index contributed by atoms with van der Waals surface area (Å²) in [5, 5.41) is 0.423. The molecule has 0 radical (unpaired) electrons. The van der Waals surface area contributed by atoms with Gasteiger partial charge in [-0.25, -0.2) is 13.1 Å². The van der Waals surface area contributed by atoms with Gasteiger partial charge in [-0.05, 0) is 54.4 Å². The van der Waals surface area contributed by atoms with Crippen molar-refractivity contribution in [2.45, 2.75) is 18.4 Å². The summed E-state index contributed by atoms with van der Waals surface area (Å²) in [6.45, 7) is 1.98. The molecule has 0 saturated carbocycles. The van der Waals surface area contributed by atoms with E-state index in [1.165, 1.54) is 6.07 Å². The molecule has 0 saturated heterocycles. The first-order valence-electron chi connectivity index (χ1n) is 7.57. The van der Waals surface area contributed by atoms with Gasteiger partial charge in [-0.2, -0.15) is 0 Å². The van der Waals surface area contributed by atoms with Crippen LogP contribution in [0.5, 0.6) is 0 Å². The minimum absolute atomic E-state index is 0.145. The fourth-order valence-electron chi connectivity index (χ4n) is 2.27.